The van der Waals surface area contributed by atoms with Crippen LogP contribution in [0, 0.1) is 24.2 Å². The topological polar surface area (TPSA) is 38.0 Å². The second kappa shape index (κ2) is 5.62. The molecule has 0 atom stereocenters. The van der Waals surface area contributed by atoms with Gasteiger partial charge in [0.15, 0.2) is 0 Å². The quantitative estimate of drug-likeness (QED) is 0.834. The third-order valence-corrected chi connectivity index (χ3v) is 2.79. The molecule has 0 amide bonds. The van der Waals surface area contributed by atoms with E-state index in [1.165, 1.54) is 5.56 Å². The van der Waals surface area contributed by atoms with Gasteiger partial charge in [0.05, 0.1) is 12.2 Å². The van der Waals surface area contributed by atoms with Crippen LogP contribution >= 0.6 is 0 Å². The molecule has 0 aliphatic carbocycles. The molecule has 0 radical (unpaired) electrons. The van der Waals surface area contributed by atoms with Gasteiger partial charge in [0.25, 0.3) is 0 Å². The van der Waals surface area contributed by atoms with Crippen molar-refractivity contribution in [3.63, 3.8) is 0 Å². The molecule has 98 valence electrons. The van der Waals surface area contributed by atoms with Crippen LogP contribution < -0.4 is 4.74 Å². The summed E-state index contributed by atoms with van der Waals surface area (Å²) >= 11 is 0. The third-order valence-electron chi connectivity index (χ3n) is 2.79. The minimum absolute atomic E-state index is 0.443. The van der Waals surface area contributed by atoms with Gasteiger partial charge >= 0.3 is 0 Å². The first-order valence-corrected chi connectivity index (χ1v) is 6.42. The Balaban J connectivity index is 2.28. The van der Waals surface area contributed by atoms with Gasteiger partial charge in [-0.15, -0.1) is 0 Å². The maximum Gasteiger partial charge on any atom is 0.137 e. The molecule has 3 heteroatoms. The Kier molecular flexibility index (Phi) is 3.91. The Morgan fingerprint density at radius 3 is 2.68 bits per heavy atom. The molecule has 0 aliphatic heterocycles. The zero-order valence-electron chi connectivity index (χ0n) is 11.6. The molecule has 19 heavy (non-hydrogen) atoms. The summed E-state index contributed by atoms with van der Waals surface area (Å²) in [5, 5.41) is 9.22. The van der Waals surface area contributed by atoms with Gasteiger partial charge in [-0.05, 0) is 42.7 Å². The Bertz CT molecular complexity index is 605. The minimum atomic E-state index is 0.443. The minimum Gasteiger partial charge on any atom is -0.492 e. The Morgan fingerprint density at radius 2 is 2.11 bits per heavy atom. The van der Waals surface area contributed by atoms with E-state index in [9.17, 15) is 5.26 Å². The van der Waals surface area contributed by atoms with Crippen LogP contribution in [0.25, 0.3) is 5.69 Å². The Morgan fingerprint density at radius 1 is 1.32 bits per heavy atom. The van der Waals surface area contributed by atoms with Crippen LogP contribution in [0.4, 0.5) is 0 Å². The fourth-order valence-corrected chi connectivity index (χ4v) is 1.81. The number of hydrogen-bond donors (Lipinski definition) is 0. The second-order valence-electron chi connectivity index (χ2n) is 5.09. The van der Waals surface area contributed by atoms with Crippen LogP contribution in [0.5, 0.6) is 5.75 Å². The molecule has 0 aliphatic rings. The highest BCUT2D eigenvalue weighted by Gasteiger charge is 2.07. The Hall–Kier alpha value is -2.21. The van der Waals surface area contributed by atoms with Gasteiger partial charge in [0.2, 0.25) is 0 Å². The first kappa shape index (κ1) is 13.2. The van der Waals surface area contributed by atoms with E-state index >= 15 is 0 Å². The van der Waals surface area contributed by atoms with Crippen LogP contribution in [0.3, 0.4) is 0 Å². The third kappa shape index (κ3) is 3.17. The fourth-order valence-electron chi connectivity index (χ4n) is 1.81. The molecule has 2 aromatic rings. The molecule has 2 rings (SSSR count). The first-order valence-electron chi connectivity index (χ1n) is 6.42. The molecule has 0 N–H and O–H groups in total. The van der Waals surface area contributed by atoms with E-state index in [0.29, 0.717) is 23.8 Å². The van der Waals surface area contributed by atoms with Crippen molar-refractivity contribution < 1.29 is 4.74 Å². The summed E-state index contributed by atoms with van der Waals surface area (Å²) in [6.45, 7) is 6.84. The molecule has 0 saturated carbocycles. The second-order valence-corrected chi connectivity index (χ2v) is 5.09. The zero-order valence-corrected chi connectivity index (χ0v) is 11.6. The van der Waals surface area contributed by atoms with Gasteiger partial charge in [0, 0.05) is 18.1 Å². The van der Waals surface area contributed by atoms with Crippen molar-refractivity contribution in [1.29, 1.82) is 5.26 Å². The summed E-state index contributed by atoms with van der Waals surface area (Å²) in [6.07, 6.45) is 4.02. The van der Waals surface area contributed by atoms with Crippen LogP contribution in [0.15, 0.2) is 36.7 Å². The number of aromatic nitrogens is 1. The van der Waals surface area contributed by atoms with E-state index in [4.69, 9.17) is 4.74 Å². The molecule has 1 heterocycles. The van der Waals surface area contributed by atoms with Crippen molar-refractivity contribution in [2.75, 3.05) is 6.61 Å². The largest absolute Gasteiger partial charge is 0.492 e. The molecule has 0 saturated heterocycles. The monoisotopic (exact) mass is 254 g/mol. The maximum absolute atomic E-state index is 9.22. The van der Waals surface area contributed by atoms with Crippen LogP contribution in [-0.4, -0.2) is 11.2 Å². The molecular formula is C16H18N2O. The van der Waals surface area contributed by atoms with Crippen LogP contribution in [0.2, 0.25) is 0 Å². The van der Waals surface area contributed by atoms with Crippen LogP contribution in [0.1, 0.15) is 25.0 Å². The average Bonchev–Trinajstić information content (AvgIpc) is 2.82. The molecule has 1 aromatic heterocycles. The smallest absolute Gasteiger partial charge is 0.137 e. The number of ether oxygens (including phenoxy) is 1. The van der Waals surface area contributed by atoms with Crippen LogP contribution in [-0.2, 0) is 0 Å². The van der Waals surface area contributed by atoms with E-state index in [1.807, 2.05) is 48.1 Å². The Labute approximate surface area is 114 Å². The predicted octanol–water partition coefficient (Wildman–Crippen LogP) is 3.69. The lowest BCUT2D eigenvalue weighted by atomic mass is 10.2. The van der Waals surface area contributed by atoms with E-state index in [-0.39, 0.29) is 0 Å². The summed E-state index contributed by atoms with van der Waals surface area (Å²) in [6, 6.07) is 9.93. The highest BCUT2D eigenvalue weighted by Crippen LogP contribution is 2.22. The molecule has 0 spiro atoms. The number of benzene rings is 1. The van der Waals surface area contributed by atoms with E-state index in [1.54, 1.807) is 0 Å². The number of nitriles is 1. The lowest BCUT2D eigenvalue weighted by Gasteiger charge is -2.11. The van der Waals surface area contributed by atoms with E-state index < -0.39 is 0 Å². The summed E-state index contributed by atoms with van der Waals surface area (Å²) in [7, 11) is 0. The average molecular weight is 254 g/mol. The van der Waals surface area contributed by atoms with Crippen molar-refractivity contribution in [2.24, 2.45) is 5.92 Å². The lowest BCUT2D eigenvalue weighted by Crippen LogP contribution is -2.06. The first-order chi connectivity index (χ1) is 9.10. The summed E-state index contributed by atoms with van der Waals surface area (Å²) in [5.74, 6) is 1.10. The standard InChI is InChI=1S/C16H18N2O/c1-12(2)11-19-16-5-4-15(8-14(16)9-17)18-7-6-13(3)10-18/h4-8,10,12H,11H2,1-3H3. The van der Waals surface area contributed by atoms with Crippen molar-refractivity contribution in [2.45, 2.75) is 20.8 Å². The van der Waals surface area contributed by atoms with E-state index in [0.717, 1.165) is 5.69 Å². The van der Waals surface area contributed by atoms with Gasteiger partial charge < -0.3 is 9.30 Å². The molecule has 3 nitrogen and oxygen atoms in total. The summed E-state index contributed by atoms with van der Waals surface area (Å²) in [4.78, 5) is 0. The van der Waals surface area contributed by atoms with E-state index in [2.05, 4.69) is 19.9 Å². The zero-order chi connectivity index (χ0) is 13.8. The summed E-state index contributed by atoms with van der Waals surface area (Å²) in [5.41, 5.74) is 2.74. The van der Waals surface area contributed by atoms with Gasteiger partial charge in [-0.25, -0.2) is 0 Å². The van der Waals surface area contributed by atoms with Gasteiger partial charge in [0.1, 0.15) is 11.8 Å². The molecular weight excluding hydrogens is 236 g/mol. The lowest BCUT2D eigenvalue weighted by molar-refractivity contribution is 0.270. The van der Waals surface area contributed by atoms with Crippen molar-refractivity contribution in [3.8, 4) is 17.5 Å². The highest BCUT2D eigenvalue weighted by molar-refractivity contribution is 5.50. The van der Waals surface area contributed by atoms with Crippen molar-refractivity contribution in [1.82, 2.24) is 4.57 Å². The summed E-state index contributed by atoms with van der Waals surface area (Å²) < 4.78 is 7.66. The van der Waals surface area contributed by atoms with Gasteiger partial charge in [-0.2, -0.15) is 5.26 Å². The molecule has 0 unspecified atom stereocenters. The normalized spacial score (nSPS) is 10.5. The van der Waals surface area contributed by atoms with Gasteiger partial charge in [-0.1, -0.05) is 13.8 Å². The highest BCUT2D eigenvalue weighted by atomic mass is 16.5. The number of aryl methyl sites for hydroxylation is 1. The SMILES string of the molecule is Cc1ccn(-c2ccc(OCC(C)C)c(C#N)c2)c1. The molecule has 1 aromatic carbocycles. The molecule has 0 bridgehead atoms. The predicted molar refractivity (Wildman–Crippen MR) is 75.6 cm³/mol. The number of nitrogens with zero attached hydrogens (tertiary/aromatic N) is 2. The number of rotatable bonds is 4. The fraction of sp³-hybridized carbons (Fsp3) is 0.312. The van der Waals surface area contributed by atoms with Gasteiger partial charge in [-0.3, -0.25) is 0 Å². The maximum atomic E-state index is 9.22. The van der Waals surface area contributed by atoms with Crippen molar-refractivity contribution in [3.05, 3.63) is 47.8 Å². The van der Waals surface area contributed by atoms with Crippen molar-refractivity contribution >= 4 is 0 Å². The molecule has 0 fully saturated rings. The number of hydrogen-bond acceptors (Lipinski definition) is 2.